The number of carbonyl (C=O) groups excluding carboxylic acids is 1. The van der Waals surface area contributed by atoms with E-state index in [2.05, 4.69) is 4.98 Å². The van der Waals surface area contributed by atoms with Crippen LogP contribution in [-0.4, -0.2) is 15.3 Å². The van der Waals surface area contributed by atoms with Gasteiger partial charge in [0.15, 0.2) is 17.4 Å². The molecule has 1 aromatic carbocycles. The van der Waals surface area contributed by atoms with Gasteiger partial charge < -0.3 is 0 Å². The first-order valence-electron chi connectivity index (χ1n) is 5.60. The lowest BCUT2D eigenvalue weighted by atomic mass is 10.1. The zero-order chi connectivity index (χ0) is 14.9. The summed E-state index contributed by atoms with van der Waals surface area (Å²) < 4.78 is 27.5. The molecule has 0 spiro atoms. The number of hydrogen-bond donors (Lipinski definition) is 0. The maximum absolute atomic E-state index is 13.1. The van der Waals surface area contributed by atoms with Crippen LogP contribution in [0.3, 0.4) is 0 Å². The number of nitrogens with zero attached hydrogens (tertiary/aromatic N) is 2. The van der Waals surface area contributed by atoms with Crippen molar-refractivity contribution >= 4 is 28.4 Å². The third-order valence-electron chi connectivity index (χ3n) is 2.75. The van der Waals surface area contributed by atoms with Crippen molar-refractivity contribution in [1.29, 1.82) is 0 Å². The van der Waals surface area contributed by atoms with Crippen LogP contribution in [0.2, 0.25) is 0 Å². The van der Waals surface area contributed by atoms with Crippen molar-refractivity contribution in [2.24, 2.45) is 0 Å². The van der Waals surface area contributed by atoms with Gasteiger partial charge in [-0.15, -0.1) is 0 Å². The van der Waals surface area contributed by atoms with Gasteiger partial charge in [0, 0.05) is 11.8 Å². The number of aromatic nitrogens is 2. The zero-order valence-electron chi connectivity index (χ0n) is 10.4. The molecule has 0 amide bonds. The van der Waals surface area contributed by atoms with Gasteiger partial charge in [0.25, 0.3) is 5.56 Å². The fourth-order valence-corrected chi connectivity index (χ4v) is 2.07. The van der Waals surface area contributed by atoms with Gasteiger partial charge in [-0.2, -0.15) is 0 Å². The van der Waals surface area contributed by atoms with Crippen molar-refractivity contribution in [1.82, 2.24) is 9.55 Å². The Morgan fingerprint density at radius 2 is 2.05 bits per heavy atom. The molecule has 0 atom stereocenters. The van der Waals surface area contributed by atoms with Crippen LogP contribution in [0.25, 0.3) is 0 Å². The van der Waals surface area contributed by atoms with Crippen molar-refractivity contribution in [3.05, 3.63) is 61.3 Å². The second-order valence-corrected chi connectivity index (χ2v) is 5.26. The molecule has 0 aliphatic rings. The predicted molar refractivity (Wildman–Crippen MR) is 76.6 cm³/mol. The molecular weight excluding hydrogens is 381 g/mol. The fourth-order valence-electron chi connectivity index (χ4n) is 1.64. The summed E-state index contributed by atoms with van der Waals surface area (Å²) in [5.74, 6) is -2.23. The number of aryl methyl sites for hydroxylation is 1. The van der Waals surface area contributed by atoms with Crippen molar-refractivity contribution in [2.75, 3.05) is 0 Å². The quantitative estimate of drug-likeness (QED) is 0.597. The van der Waals surface area contributed by atoms with E-state index in [-0.39, 0.29) is 17.7 Å². The second kappa shape index (κ2) is 5.78. The number of halogens is 3. The van der Waals surface area contributed by atoms with Crippen LogP contribution < -0.4 is 5.56 Å². The Labute approximate surface area is 126 Å². The number of benzene rings is 1. The normalized spacial score (nSPS) is 10.6. The Morgan fingerprint density at radius 1 is 1.35 bits per heavy atom. The largest absolute Gasteiger partial charge is 0.292 e. The molecule has 0 radical (unpaired) electrons. The van der Waals surface area contributed by atoms with E-state index >= 15 is 0 Å². The molecule has 20 heavy (non-hydrogen) atoms. The molecule has 0 fully saturated rings. The number of Topliss-reactive ketones (excluding diaryl/α,β-unsaturated/α-hetero) is 1. The maximum atomic E-state index is 13.1. The monoisotopic (exact) mass is 390 g/mol. The van der Waals surface area contributed by atoms with Gasteiger partial charge in [-0.3, -0.25) is 14.2 Å². The number of ketones is 1. The summed E-state index contributed by atoms with van der Waals surface area (Å²) in [6.45, 7) is 1.33. The van der Waals surface area contributed by atoms with Crippen LogP contribution in [0.5, 0.6) is 0 Å². The van der Waals surface area contributed by atoms with E-state index in [1.54, 1.807) is 6.92 Å². The first kappa shape index (κ1) is 14.8. The first-order chi connectivity index (χ1) is 9.40. The zero-order valence-corrected chi connectivity index (χ0v) is 12.5. The van der Waals surface area contributed by atoms with Gasteiger partial charge in [0.05, 0.1) is 10.1 Å². The molecule has 0 N–H and O–H groups in total. The maximum Gasteiger partial charge on any atom is 0.267 e. The van der Waals surface area contributed by atoms with Crippen LogP contribution >= 0.6 is 22.6 Å². The Kier molecular flexibility index (Phi) is 4.26. The van der Waals surface area contributed by atoms with E-state index in [1.807, 2.05) is 22.6 Å². The SMILES string of the molecule is Cc1ncc(I)c(=O)n1CC(=O)c1ccc(F)c(F)c1. The molecule has 104 valence electrons. The highest BCUT2D eigenvalue weighted by molar-refractivity contribution is 14.1. The first-order valence-corrected chi connectivity index (χ1v) is 6.68. The van der Waals surface area contributed by atoms with Gasteiger partial charge in [-0.1, -0.05) is 0 Å². The van der Waals surface area contributed by atoms with Gasteiger partial charge in [0.1, 0.15) is 5.82 Å². The van der Waals surface area contributed by atoms with Gasteiger partial charge in [-0.25, -0.2) is 13.8 Å². The average Bonchev–Trinajstić information content (AvgIpc) is 2.42. The van der Waals surface area contributed by atoms with Crippen molar-refractivity contribution in [3.8, 4) is 0 Å². The van der Waals surface area contributed by atoms with Crippen molar-refractivity contribution in [2.45, 2.75) is 13.5 Å². The minimum Gasteiger partial charge on any atom is -0.292 e. The minimum absolute atomic E-state index is 0.00839. The Morgan fingerprint density at radius 3 is 2.70 bits per heavy atom. The third-order valence-corrected chi connectivity index (χ3v) is 3.49. The van der Waals surface area contributed by atoms with Gasteiger partial charge in [0.2, 0.25) is 0 Å². The van der Waals surface area contributed by atoms with Gasteiger partial charge >= 0.3 is 0 Å². The lowest BCUT2D eigenvalue weighted by Gasteiger charge is -2.08. The predicted octanol–water partition coefficient (Wildman–Crippen LogP) is 2.32. The van der Waals surface area contributed by atoms with Crippen molar-refractivity contribution in [3.63, 3.8) is 0 Å². The van der Waals surface area contributed by atoms with Gasteiger partial charge in [-0.05, 0) is 47.7 Å². The van der Waals surface area contributed by atoms with Crippen LogP contribution in [-0.2, 0) is 6.54 Å². The summed E-state index contributed by atoms with van der Waals surface area (Å²) in [7, 11) is 0. The Hall–Kier alpha value is -1.64. The molecule has 2 rings (SSSR count). The van der Waals surface area contributed by atoms with Crippen LogP contribution in [0.1, 0.15) is 16.2 Å². The van der Waals surface area contributed by atoms with Crippen molar-refractivity contribution < 1.29 is 13.6 Å². The molecule has 0 bridgehead atoms. The topological polar surface area (TPSA) is 52.0 Å². The summed E-state index contributed by atoms with van der Waals surface area (Å²) in [6, 6.07) is 2.88. The van der Waals surface area contributed by atoms with Crippen LogP contribution in [0, 0.1) is 22.1 Å². The lowest BCUT2D eigenvalue weighted by Crippen LogP contribution is -2.28. The highest BCUT2D eigenvalue weighted by Crippen LogP contribution is 2.10. The van der Waals surface area contributed by atoms with E-state index < -0.39 is 17.4 Å². The Balaban J connectivity index is 2.35. The molecule has 0 saturated carbocycles. The highest BCUT2D eigenvalue weighted by atomic mass is 127. The minimum atomic E-state index is -1.10. The standard InChI is InChI=1S/C13H9F2IN2O2/c1-7-17-5-11(16)13(20)18(7)6-12(19)8-2-3-9(14)10(15)4-8/h2-5H,6H2,1H3. The molecule has 0 unspecified atom stereocenters. The van der Waals surface area contributed by atoms with E-state index in [1.165, 1.54) is 16.8 Å². The molecule has 1 heterocycles. The van der Waals surface area contributed by atoms with Crippen LogP contribution in [0.15, 0.2) is 29.2 Å². The number of hydrogen-bond acceptors (Lipinski definition) is 3. The summed E-state index contributed by atoms with van der Waals surface area (Å²) >= 11 is 1.82. The van der Waals surface area contributed by atoms with E-state index in [9.17, 15) is 18.4 Å². The Bertz CT molecular complexity index is 744. The third kappa shape index (κ3) is 2.92. The second-order valence-electron chi connectivity index (χ2n) is 4.10. The summed E-state index contributed by atoms with van der Waals surface area (Å²) in [4.78, 5) is 27.9. The lowest BCUT2D eigenvalue weighted by molar-refractivity contribution is 0.0968. The van der Waals surface area contributed by atoms with E-state index in [0.717, 1.165) is 12.1 Å². The molecule has 1 aromatic heterocycles. The fraction of sp³-hybridized carbons (Fsp3) is 0.154. The highest BCUT2D eigenvalue weighted by Gasteiger charge is 2.13. The molecule has 4 nitrogen and oxygen atoms in total. The molecule has 0 aliphatic carbocycles. The average molecular weight is 390 g/mol. The summed E-state index contributed by atoms with van der Waals surface area (Å²) in [5, 5.41) is 0. The molecular formula is C13H9F2IN2O2. The molecule has 0 saturated heterocycles. The molecule has 7 heteroatoms. The van der Waals surface area contributed by atoms with E-state index in [4.69, 9.17) is 0 Å². The smallest absolute Gasteiger partial charge is 0.267 e. The van der Waals surface area contributed by atoms with E-state index in [0.29, 0.717) is 9.39 Å². The number of rotatable bonds is 3. The number of carbonyl (C=O) groups is 1. The van der Waals surface area contributed by atoms with Crippen LogP contribution in [0.4, 0.5) is 8.78 Å². The summed E-state index contributed by atoms with van der Waals surface area (Å²) in [6.07, 6.45) is 1.41. The molecule has 2 aromatic rings. The molecule has 0 aliphatic heterocycles. The summed E-state index contributed by atoms with van der Waals surface area (Å²) in [5.41, 5.74) is -0.330.